The Balaban J connectivity index is 1.87. The Morgan fingerprint density at radius 2 is 1.88 bits per heavy atom. The fourth-order valence-corrected chi connectivity index (χ4v) is 2.19. The summed E-state index contributed by atoms with van der Waals surface area (Å²) < 4.78 is 40.5. The molecule has 3 aromatic rings. The normalized spacial score (nSPS) is 10.8. The topological polar surface area (TPSA) is 64.0 Å². The van der Waals surface area contributed by atoms with Crippen molar-refractivity contribution in [1.82, 2.24) is 9.55 Å². The van der Waals surface area contributed by atoms with Crippen LogP contribution in [0.15, 0.2) is 47.5 Å². The first kappa shape index (κ1) is 15.7. The van der Waals surface area contributed by atoms with E-state index in [1.165, 1.54) is 18.2 Å². The van der Waals surface area contributed by atoms with Crippen LogP contribution in [0, 0.1) is 17.5 Å². The van der Waals surface area contributed by atoms with Gasteiger partial charge in [0.2, 0.25) is 5.91 Å². The number of carbonyl (C=O) groups is 1. The van der Waals surface area contributed by atoms with Crippen molar-refractivity contribution < 1.29 is 18.0 Å². The van der Waals surface area contributed by atoms with E-state index in [0.29, 0.717) is 0 Å². The molecule has 2 aromatic carbocycles. The molecule has 0 unspecified atom stereocenters. The van der Waals surface area contributed by atoms with E-state index in [9.17, 15) is 22.8 Å². The molecular formula is C16H10F3N3O2. The van der Waals surface area contributed by atoms with Gasteiger partial charge in [-0.25, -0.2) is 18.2 Å². The minimum atomic E-state index is -1.18. The van der Waals surface area contributed by atoms with Crippen LogP contribution >= 0.6 is 0 Å². The van der Waals surface area contributed by atoms with E-state index in [1.807, 2.05) is 0 Å². The van der Waals surface area contributed by atoms with Gasteiger partial charge in [-0.05, 0) is 24.3 Å². The van der Waals surface area contributed by atoms with Gasteiger partial charge in [-0.3, -0.25) is 14.2 Å². The Morgan fingerprint density at radius 1 is 1.12 bits per heavy atom. The van der Waals surface area contributed by atoms with Crippen LogP contribution in [0.1, 0.15) is 0 Å². The zero-order chi connectivity index (χ0) is 17.3. The van der Waals surface area contributed by atoms with Crippen LogP contribution in [0.25, 0.3) is 10.9 Å². The standard InChI is InChI=1S/C16H10F3N3O2/c17-9-2-1-3-10(4-9)21-15(23)7-22-8-20-14-6-13(19)12(18)5-11(14)16(22)24/h1-6,8H,7H2,(H,21,23). The Bertz CT molecular complexity index is 1000. The van der Waals surface area contributed by atoms with Gasteiger partial charge in [0.1, 0.15) is 12.4 Å². The number of benzene rings is 2. The van der Waals surface area contributed by atoms with Crippen LogP contribution in [0.4, 0.5) is 18.9 Å². The molecule has 1 heterocycles. The molecule has 8 heteroatoms. The first-order chi connectivity index (χ1) is 11.4. The lowest BCUT2D eigenvalue weighted by Crippen LogP contribution is -2.28. The third kappa shape index (κ3) is 3.12. The first-order valence-electron chi connectivity index (χ1n) is 6.83. The van der Waals surface area contributed by atoms with E-state index in [1.54, 1.807) is 0 Å². The highest BCUT2D eigenvalue weighted by Crippen LogP contribution is 2.13. The summed E-state index contributed by atoms with van der Waals surface area (Å²) in [5, 5.41) is 2.28. The predicted octanol–water partition coefficient (Wildman–Crippen LogP) is 2.45. The molecule has 0 aliphatic heterocycles. The monoisotopic (exact) mass is 333 g/mol. The SMILES string of the molecule is O=C(Cn1cnc2cc(F)c(F)cc2c1=O)Nc1cccc(F)c1. The van der Waals surface area contributed by atoms with Crippen molar-refractivity contribution in [2.45, 2.75) is 6.54 Å². The smallest absolute Gasteiger partial charge is 0.261 e. The van der Waals surface area contributed by atoms with E-state index in [-0.39, 0.29) is 16.6 Å². The van der Waals surface area contributed by atoms with Crippen molar-refractivity contribution in [3.63, 3.8) is 0 Å². The van der Waals surface area contributed by atoms with Crippen molar-refractivity contribution in [2.24, 2.45) is 0 Å². The average molecular weight is 333 g/mol. The fourth-order valence-electron chi connectivity index (χ4n) is 2.19. The van der Waals surface area contributed by atoms with Gasteiger partial charge in [0.05, 0.1) is 17.2 Å². The number of hydrogen-bond acceptors (Lipinski definition) is 3. The summed E-state index contributed by atoms with van der Waals surface area (Å²) in [6.45, 7) is -0.405. The molecule has 1 amide bonds. The maximum absolute atomic E-state index is 13.3. The van der Waals surface area contributed by atoms with Gasteiger partial charge >= 0.3 is 0 Å². The molecule has 0 aliphatic rings. The number of halogens is 3. The molecular weight excluding hydrogens is 323 g/mol. The Labute approximate surface area is 133 Å². The highest BCUT2D eigenvalue weighted by Gasteiger charge is 2.12. The molecule has 1 aromatic heterocycles. The van der Waals surface area contributed by atoms with Crippen molar-refractivity contribution in [3.8, 4) is 0 Å². The molecule has 0 aliphatic carbocycles. The number of aromatic nitrogens is 2. The molecule has 1 N–H and O–H groups in total. The number of amides is 1. The van der Waals surface area contributed by atoms with Crippen LogP contribution < -0.4 is 10.9 Å². The molecule has 3 rings (SSSR count). The minimum Gasteiger partial charge on any atom is -0.324 e. The Kier molecular flexibility index (Phi) is 4.03. The lowest BCUT2D eigenvalue weighted by molar-refractivity contribution is -0.116. The second kappa shape index (κ2) is 6.15. The highest BCUT2D eigenvalue weighted by atomic mass is 19.2. The third-order valence-electron chi connectivity index (χ3n) is 3.29. The van der Waals surface area contributed by atoms with Gasteiger partial charge in [0.25, 0.3) is 5.56 Å². The van der Waals surface area contributed by atoms with Gasteiger partial charge in [0.15, 0.2) is 11.6 Å². The van der Waals surface area contributed by atoms with Crippen LogP contribution in [0.3, 0.4) is 0 Å². The maximum Gasteiger partial charge on any atom is 0.261 e. The molecule has 0 bridgehead atoms. The number of rotatable bonds is 3. The van der Waals surface area contributed by atoms with Crippen molar-refractivity contribution in [2.75, 3.05) is 5.32 Å². The average Bonchev–Trinajstić information content (AvgIpc) is 2.52. The van der Waals surface area contributed by atoms with Gasteiger partial charge in [0, 0.05) is 11.8 Å². The largest absolute Gasteiger partial charge is 0.324 e. The summed E-state index contributed by atoms with van der Waals surface area (Å²) in [4.78, 5) is 28.0. The number of hydrogen-bond donors (Lipinski definition) is 1. The zero-order valence-corrected chi connectivity index (χ0v) is 12.1. The molecule has 0 saturated carbocycles. The van der Waals surface area contributed by atoms with Crippen LogP contribution in [0.5, 0.6) is 0 Å². The molecule has 0 atom stereocenters. The summed E-state index contributed by atoms with van der Waals surface area (Å²) in [5.41, 5.74) is -0.469. The van der Waals surface area contributed by atoms with Crippen molar-refractivity contribution in [3.05, 3.63) is 70.5 Å². The summed E-state index contributed by atoms with van der Waals surface area (Å²) in [7, 11) is 0. The van der Waals surface area contributed by atoms with Crippen LogP contribution in [0.2, 0.25) is 0 Å². The Hall–Kier alpha value is -3.16. The molecule has 0 radical (unpaired) electrons. The summed E-state index contributed by atoms with van der Waals surface area (Å²) >= 11 is 0. The number of anilines is 1. The van der Waals surface area contributed by atoms with E-state index in [4.69, 9.17) is 0 Å². The van der Waals surface area contributed by atoms with Crippen molar-refractivity contribution in [1.29, 1.82) is 0 Å². The second-order valence-corrected chi connectivity index (χ2v) is 5.02. The molecule has 0 saturated heterocycles. The van der Waals surface area contributed by atoms with Crippen molar-refractivity contribution >= 4 is 22.5 Å². The molecule has 122 valence electrons. The van der Waals surface area contributed by atoms with E-state index < -0.39 is 35.5 Å². The van der Waals surface area contributed by atoms with Gasteiger partial charge in [-0.15, -0.1) is 0 Å². The summed E-state index contributed by atoms with van der Waals surface area (Å²) in [6, 6.07) is 6.80. The molecule has 0 spiro atoms. The maximum atomic E-state index is 13.3. The van der Waals surface area contributed by atoms with Gasteiger partial charge in [-0.1, -0.05) is 6.07 Å². The van der Waals surface area contributed by atoms with E-state index >= 15 is 0 Å². The zero-order valence-electron chi connectivity index (χ0n) is 12.1. The number of nitrogens with one attached hydrogen (secondary N) is 1. The van der Waals surface area contributed by atoms with Crippen LogP contribution in [-0.2, 0) is 11.3 Å². The van der Waals surface area contributed by atoms with E-state index in [0.717, 1.165) is 29.1 Å². The molecule has 0 fully saturated rings. The molecule has 5 nitrogen and oxygen atoms in total. The lowest BCUT2D eigenvalue weighted by atomic mass is 10.2. The third-order valence-corrected chi connectivity index (χ3v) is 3.29. The van der Waals surface area contributed by atoms with Gasteiger partial charge < -0.3 is 5.32 Å². The van der Waals surface area contributed by atoms with E-state index in [2.05, 4.69) is 10.3 Å². The van der Waals surface area contributed by atoms with Gasteiger partial charge in [-0.2, -0.15) is 0 Å². The number of carbonyl (C=O) groups excluding carboxylic acids is 1. The minimum absolute atomic E-state index is 0.0133. The fraction of sp³-hybridized carbons (Fsp3) is 0.0625. The second-order valence-electron chi connectivity index (χ2n) is 5.02. The lowest BCUT2D eigenvalue weighted by Gasteiger charge is -2.08. The number of nitrogens with zero attached hydrogens (tertiary/aromatic N) is 2. The van der Waals surface area contributed by atoms with Crippen LogP contribution in [-0.4, -0.2) is 15.5 Å². The number of fused-ring (bicyclic) bond motifs is 1. The Morgan fingerprint density at radius 3 is 2.62 bits per heavy atom. The first-order valence-corrected chi connectivity index (χ1v) is 6.83. The highest BCUT2D eigenvalue weighted by molar-refractivity contribution is 5.90. The predicted molar refractivity (Wildman–Crippen MR) is 80.9 cm³/mol. The summed E-state index contributed by atoms with van der Waals surface area (Å²) in [6.07, 6.45) is 1.06. The molecule has 24 heavy (non-hydrogen) atoms. The summed E-state index contributed by atoms with van der Waals surface area (Å²) in [5.74, 6) is -3.40. The quantitative estimate of drug-likeness (QED) is 0.801.